The first kappa shape index (κ1) is 16.0. The van der Waals surface area contributed by atoms with E-state index in [2.05, 4.69) is 25.8 Å². The molecule has 0 spiro atoms. The monoisotopic (exact) mass is 286 g/mol. The number of rotatable bonds is 5. The highest BCUT2D eigenvalue weighted by atomic mass is 32.2. The van der Waals surface area contributed by atoms with Gasteiger partial charge in [-0.1, -0.05) is 20.8 Å². The van der Waals surface area contributed by atoms with Gasteiger partial charge in [0.25, 0.3) is 0 Å². The molecule has 0 aliphatic heterocycles. The van der Waals surface area contributed by atoms with Crippen LogP contribution in [0.5, 0.6) is 0 Å². The Kier molecular flexibility index (Phi) is 4.68. The van der Waals surface area contributed by atoms with E-state index in [1.807, 2.05) is 13.8 Å². The maximum atomic E-state index is 10.9. The molecule has 6 heteroatoms. The maximum absolute atomic E-state index is 10.9. The van der Waals surface area contributed by atoms with Crippen molar-refractivity contribution in [2.45, 2.75) is 56.6 Å². The molecule has 0 radical (unpaired) electrons. The summed E-state index contributed by atoms with van der Waals surface area (Å²) in [6.45, 7) is 9.77. The van der Waals surface area contributed by atoms with Crippen molar-refractivity contribution in [1.82, 2.24) is 4.98 Å². The third-order valence-electron chi connectivity index (χ3n) is 2.88. The fourth-order valence-electron chi connectivity index (χ4n) is 1.36. The van der Waals surface area contributed by atoms with Gasteiger partial charge in [-0.3, -0.25) is 4.79 Å². The Hall–Kier alpha value is -1.01. The summed E-state index contributed by atoms with van der Waals surface area (Å²) in [5, 5.41) is 8.95. The van der Waals surface area contributed by atoms with Crippen LogP contribution in [0.25, 0.3) is 0 Å². The van der Waals surface area contributed by atoms with E-state index >= 15 is 0 Å². The van der Waals surface area contributed by atoms with Crippen LogP contribution in [0.3, 0.4) is 0 Å². The average Bonchev–Trinajstić information content (AvgIpc) is 2.73. The Morgan fingerprint density at radius 2 is 2.05 bits per heavy atom. The Bertz CT molecular complexity index is 449. The van der Waals surface area contributed by atoms with Crippen molar-refractivity contribution in [1.29, 1.82) is 0 Å². The van der Waals surface area contributed by atoms with Crippen LogP contribution in [-0.4, -0.2) is 26.8 Å². The zero-order valence-corrected chi connectivity index (χ0v) is 12.9. The van der Waals surface area contributed by atoms with Crippen LogP contribution < -0.4 is 5.73 Å². The smallest absolute Gasteiger partial charge is 0.321 e. The standard InChI is InChI=1S/C13H22N2O3S/c1-12(2,3)8-6-15-9(18-8)7-19-13(4,5)10(14)11(16)17/h6,10H,7,14H2,1-5H3,(H,16,17)/t10-/m1/s1. The topological polar surface area (TPSA) is 89.3 Å². The number of aliphatic carboxylic acids is 1. The number of carbonyl (C=O) groups is 1. The zero-order chi connectivity index (χ0) is 14.8. The summed E-state index contributed by atoms with van der Waals surface area (Å²) in [5.41, 5.74) is 5.58. The number of thioether (sulfide) groups is 1. The van der Waals surface area contributed by atoms with Crippen molar-refractivity contribution in [3.63, 3.8) is 0 Å². The fourth-order valence-corrected chi connectivity index (χ4v) is 2.27. The van der Waals surface area contributed by atoms with Gasteiger partial charge in [0.2, 0.25) is 5.89 Å². The van der Waals surface area contributed by atoms with Crippen molar-refractivity contribution in [3.8, 4) is 0 Å². The Labute approximate surface area is 118 Å². The van der Waals surface area contributed by atoms with Crippen molar-refractivity contribution in [3.05, 3.63) is 17.8 Å². The quantitative estimate of drug-likeness (QED) is 0.864. The van der Waals surface area contributed by atoms with Crippen LogP contribution in [0.4, 0.5) is 0 Å². The number of hydrogen-bond donors (Lipinski definition) is 2. The van der Waals surface area contributed by atoms with Gasteiger partial charge in [0.15, 0.2) is 0 Å². The summed E-state index contributed by atoms with van der Waals surface area (Å²) in [6.07, 6.45) is 1.72. The first-order valence-electron chi connectivity index (χ1n) is 6.11. The van der Waals surface area contributed by atoms with Crippen LogP contribution in [0.2, 0.25) is 0 Å². The lowest BCUT2D eigenvalue weighted by Gasteiger charge is -2.27. The summed E-state index contributed by atoms with van der Waals surface area (Å²) >= 11 is 1.43. The highest BCUT2D eigenvalue weighted by Crippen LogP contribution is 2.31. The Morgan fingerprint density at radius 3 is 2.47 bits per heavy atom. The van der Waals surface area contributed by atoms with Crippen LogP contribution in [-0.2, 0) is 16.0 Å². The number of aromatic nitrogens is 1. The van der Waals surface area contributed by atoms with E-state index in [0.717, 1.165) is 5.76 Å². The lowest BCUT2D eigenvalue weighted by Crippen LogP contribution is -2.46. The van der Waals surface area contributed by atoms with E-state index in [0.29, 0.717) is 11.6 Å². The van der Waals surface area contributed by atoms with Gasteiger partial charge in [0, 0.05) is 10.2 Å². The molecule has 5 nitrogen and oxygen atoms in total. The molecule has 19 heavy (non-hydrogen) atoms. The van der Waals surface area contributed by atoms with Crippen molar-refractivity contribution < 1.29 is 14.3 Å². The number of carboxylic acid groups (broad SMARTS) is 1. The van der Waals surface area contributed by atoms with Crippen LogP contribution in [0.15, 0.2) is 10.6 Å². The van der Waals surface area contributed by atoms with Gasteiger partial charge >= 0.3 is 5.97 Å². The molecule has 0 aliphatic rings. The second kappa shape index (κ2) is 5.54. The van der Waals surface area contributed by atoms with Gasteiger partial charge < -0.3 is 15.3 Å². The number of carboxylic acids is 1. The molecular weight excluding hydrogens is 264 g/mol. The molecule has 0 aromatic carbocycles. The summed E-state index contributed by atoms with van der Waals surface area (Å²) in [6, 6.07) is -0.922. The van der Waals surface area contributed by atoms with E-state index < -0.39 is 16.8 Å². The number of nitrogens with two attached hydrogens (primary N) is 1. The first-order valence-corrected chi connectivity index (χ1v) is 7.10. The first-order chi connectivity index (χ1) is 8.54. The highest BCUT2D eigenvalue weighted by molar-refractivity contribution is 7.99. The molecule has 1 rings (SSSR count). The largest absolute Gasteiger partial charge is 0.480 e. The molecule has 0 unspecified atom stereocenters. The van der Waals surface area contributed by atoms with Crippen molar-refractivity contribution in [2.24, 2.45) is 5.73 Å². The van der Waals surface area contributed by atoms with Gasteiger partial charge in [-0.25, -0.2) is 4.98 Å². The molecule has 0 fully saturated rings. The third-order valence-corrected chi connectivity index (χ3v) is 4.26. The molecule has 0 saturated carbocycles. The predicted molar refractivity (Wildman–Crippen MR) is 76.2 cm³/mol. The molecule has 0 amide bonds. The van der Waals surface area contributed by atoms with Gasteiger partial charge in [0.1, 0.15) is 11.8 Å². The summed E-state index contributed by atoms with van der Waals surface area (Å²) in [4.78, 5) is 15.1. The van der Waals surface area contributed by atoms with Crippen LogP contribution in [0, 0.1) is 0 Å². The lowest BCUT2D eigenvalue weighted by atomic mass is 9.94. The Morgan fingerprint density at radius 1 is 1.47 bits per heavy atom. The second-order valence-electron chi connectivity index (χ2n) is 6.08. The molecule has 1 atom stereocenters. The van der Waals surface area contributed by atoms with E-state index in [1.54, 1.807) is 6.20 Å². The third kappa shape index (κ3) is 4.24. The van der Waals surface area contributed by atoms with E-state index in [-0.39, 0.29) is 5.41 Å². The van der Waals surface area contributed by atoms with E-state index in [1.165, 1.54) is 11.8 Å². The minimum Gasteiger partial charge on any atom is -0.480 e. The number of hydrogen-bond acceptors (Lipinski definition) is 5. The fraction of sp³-hybridized carbons (Fsp3) is 0.692. The maximum Gasteiger partial charge on any atom is 0.321 e. The van der Waals surface area contributed by atoms with Crippen molar-refractivity contribution >= 4 is 17.7 Å². The normalized spacial score (nSPS) is 14.4. The SMILES string of the molecule is CC(C)(C)c1cnc(CSC(C)(C)[C@H](N)C(=O)O)o1. The summed E-state index contributed by atoms with van der Waals surface area (Å²) in [7, 11) is 0. The molecule has 1 heterocycles. The van der Waals surface area contributed by atoms with E-state index in [4.69, 9.17) is 15.3 Å². The molecule has 1 aromatic heterocycles. The van der Waals surface area contributed by atoms with Crippen molar-refractivity contribution in [2.75, 3.05) is 0 Å². The predicted octanol–water partition coefficient (Wildman–Crippen LogP) is 2.40. The van der Waals surface area contributed by atoms with Gasteiger partial charge in [0.05, 0.1) is 11.9 Å². The Balaban J connectivity index is 2.67. The van der Waals surface area contributed by atoms with E-state index in [9.17, 15) is 4.79 Å². The summed E-state index contributed by atoms with van der Waals surface area (Å²) in [5.74, 6) is 0.925. The average molecular weight is 286 g/mol. The molecule has 0 aliphatic carbocycles. The summed E-state index contributed by atoms with van der Waals surface area (Å²) < 4.78 is 5.08. The van der Waals surface area contributed by atoms with Crippen LogP contribution >= 0.6 is 11.8 Å². The lowest BCUT2D eigenvalue weighted by molar-refractivity contribution is -0.139. The zero-order valence-electron chi connectivity index (χ0n) is 12.1. The van der Waals surface area contributed by atoms with Gasteiger partial charge in [-0.05, 0) is 13.8 Å². The minimum atomic E-state index is -1.000. The van der Waals surface area contributed by atoms with Crippen LogP contribution in [0.1, 0.15) is 46.3 Å². The second-order valence-corrected chi connectivity index (χ2v) is 7.71. The minimum absolute atomic E-state index is 0.0805. The van der Waals surface area contributed by atoms with Gasteiger partial charge in [-0.2, -0.15) is 0 Å². The number of oxazole rings is 1. The highest BCUT2D eigenvalue weighted by Gasteiger charge is 2.33. The molecule has 1 aromatic rings. The number of nitrogens with zero attached hydrogens (tertiary/aromatic N) is 1. The molecule has 0 saturated heterocycles. The molecule has 108 valence electrons. The molecule has 0 bridgehead atoms. The molecular formula is C13H22N2O3S. The molecule has 3 N–H and O–H groups in total. The van der Waals surface area contributed by atoms with Gasteiger partial charge in [-0.15, -0.1) is 11.8 Å².